The maximum absolute atomic E-state index is 4.47. The lowest BCUT2D eigenvalue weighted by molar-refractivity contribution is 1.75. The van der Waals surface area contributed by atoms with E-state index in [1.54, 1.807) is 0 Å². The van der Waals surface area contributed by atoms with E-state index in [2.05, 4.69) is 69.9 Å². The number of rotatable bonds is 3. The highest BCUT2D eigenvalue weighted by molar-refractivity contribution is 7.77. The van der Waals surface area contributed by atoms with E-state index in [0.29, 0.717) is 0 Å². The molecule has 0 nitrogen and oxygen atoms in total. The summed E-state index contributed by atoms with van der Waals surface area (Å²) >= 11 is 0. The monoisotopic (exact) mass is 230 g/mol. The van der Waals surface area contributed by atoms with Gasteiger partial charge in [-0.05, 0) is 27.8 Å². The highest BCUT2D eigenvalue weighted by Gasteiger charge is 2.10. The van der Waals surface area contributed by atoms with E-state index in [9.17, 15) is 0 Å². The zero-order valence-corrected chi connectivity index (χ0v) is 10.2. The van der Waals surface area contributed by atoms with Gasteiger partial charge in [-0.3, -0.25) is 0 Å². The smallest absolute Gasteiger partial charge is 0.00441 e. The first kappa shape index (κ1) is 10.8. The molecule has 0 amide bonds. The Morgan fingerprint density at radius 1 is 0.733 bits per heavy atom. The van der Waals surface area contributed by atoms with E-state index in [1.807, 2.05) is 0 Å². The second-order valence-electron chi connectivity index (χ2n) is 3.24. The van der Waals surface area contributed by atoms with Crippen LogP contribution >= 0.6 is 17.2 Å². The summed E-state index contributed by atoms with van der Waals surface area (Å²) in [5, 5.41) is 2.79. The van der Waals surface area contributed by atoms with Crippen LogP contribution < -0.4 is 10.6 Å². The SMILES string of the molecule is [P]CP(c1ccccc1)c1ccccc1. The number of hydrogen-bond acceptors (Lipinski definition) is 0. The Labute approximate surface area is 94.7 Å². The maximum Gasteiger partial charge on any atom is 0.00441 e. The first-order valence-corrected chi connectivity index (χ1v) is 7.06. The predicted octanol–water partition coefficient (Wildman–Crippen LogP) is 3.49. The first-order chi connectivity index (χ1) is 7.42. The van der Waals surface area contributed by atoms with Crippen molar-refractivity contribution in [3.63, 3.8) is 0 Å². The first-order valence-electron chi connectivity index (χ1n) is 4.90. The van der Waals surface area contributed by atoms with Crippen molar-refractivity contribution in [2.45, 2.75) is 0 Å². The standard InChI is InChI=1S/C13H12P2/c14-11-15(12-7-3-1-4-8-12)13-9-5-2-6-10-13/h1-10H,11H2. The third-order valence-electron chi connectivity index (χ3n) is 2.28. The van der Waals surface area contributed by atoms with Gasteiger partial charge >= 0.3 is 0 Å². The van der Waals surface area contributed by atoms with Crippen LogP contribution in [0.15, 0.2) is 60.7 Å². The molecule has 0 aromatic heterocycles. The van der Waals surface area contributed by atoms with Crippen LogP contribution in [0.25, 0.3) is 0 Å². The van der Waals surface area contributed by atoms with Crippen LogP contribution in [-0.2, 0) is 0 Å². The summed E-state index contributed by atoms with van der Waals surface area (Å²) in [5.74, 6) is 0.906. The quantitative estimate of drug-likeness (QED) is 0.708. The zero-order valence-electron chi connectivity index (χ0n) is 8.38. The van der Waals surface area contributed by atoms with Crippen LogP contribution in [0, 0.1) is 0 Å². The van der Waals surface area contributed by atoms with Crippen molar-refractivity contribution in [1.29, 1.82) is 0 Å². The highest BCUT2D eigenvalue weighted by atomic mass is 31.2. The molecular formula is C13H12P2. The van der Waals surface area contributed by atoms with Crippen LogP contribution in [0.2, 0.25) is 0 Å². The maximum atomic E-state index is 4.47. The third kappa shape index (κ3) is 2.65. The second kappa shape index (κ2) is 5.40. The fraction of sp³-hybridized carbons (Fsp3) is 0.0769. The molecule has 0 N–H and O–H groups in total. The summed E-state index contributed by atoms with van der Waals surface area (Å²) < 4.78 is 0. The molecule has 0 saturated carbocycles. The van der Waals surface area contributed by atoms with Crippen LogP contribution in [0.4, 0.5) is 0 Å². The molecule has 2 radical (unpaired) electrons. The van der Waals surface area contributed by atoms with Crippen molar-refractivity contribution < 1.29 is 0 Å². The molecule has 0 saturated heterocycles. The molecule has 0 fully saturated rings. The molecule has 0 aliphatic heterocycles. The Kier molecular flexibility index (Phi) is 3.89. The minimum Gasteiger partial charge on any atom is -0.0622 e. The Morgan fingerprint density at radius 2 is 1.13 bits per heavy atom. The van der Waals surface area contributed by atoms with Crippen molar-refractivity contribution in [2.75, 3.05) is 5.90 Å². The lowest BCUT2D eigenvalue weighted by atomic mass is 10.4. The topological polar surface area (TPSA) is 0 Å². The molecule has 2 aromatic rings. The van der Waals surface area contributed by atoms with Gasteiger partial charge in [-0.2, -0.15) is 0 Å². The Morgan fingerprint density at radius 3 is 1.47 bits per heavy atom. The summed E-state index contributed by atoms with van der Waals surface area (Å²) in [6.45, 7) is 0. The van der Waals surface area contributed by atoms with Gasteiger partial charge in [0, 0.05) is 5.90 Å². The van der Waals surface area contributed by atoms with Gasteiger partial charge in [0.15, 0.2) is 0 Å². The molecule has 15 heavy (non-hydrogen) atoms. The van der Waals surface area contributed by atoms with Crippen LogP contribution in [-0.4, -0.2) is 5.90 Å². The second-order valence-corrected chi connectivity index (χ2v) is 6.26. The Hall–Kier alpha value is -0.700. The number of hydrogen-bond donors (Lipinski definition) is 0. The van der Waals surface area contributed by atoms with Gasteiger partial charge in [-0.25, -0.2) is 0 Å². The molecule has 0 aliphatic rings. The van der Waals surface area contributed by atoms with Gasteiger partial charge in [0.2, 0.25) is 0 Å². The van der Waals surface area contributed by atoms with Gasteiger partial charge in [-0.15, -0.1) is 0 Å². The van der Waals surface area contributed by atoms with Gasteiger partial charge in [0.1, 0.15) is 0 Å². The molecule has 2 heteroatoms. The predicted molar refractivity (Wildman–Crippen MR) is 70.9 cm³/mol. The third-order valence-corrected chi connectivity index (χ3v) is 5.25. The van der Waals surface area contributed by atoms with Gasteiger partial charge < -0.3 is 0 Å². The molecule has 0 atom stereocenters. The van der Waals surface area contributed by atoms with E-state index in [-0.39, 0.29) is 7.92 Å². The average molecular weight is 230 g/mol. The molecule has 0 spiro atoms. The summed E-state index contributed by atoms with van der Waals surface area (Å²) in [6, 6.07) is 21.2. The van der Waals surface area contributed by atoms with Crippen molar-refractivity contribution in [3.8, 4) is 0 Å². The van der Waals surface area contributed by atoms with E-state index in [0.717, 1.165) is 5.90 Å². The van der Waals surface area contributed by atoms with Crippen molar-refractivity contribution in [1.82, 2.24) is 0 Å². The van der Waals surface area contributed by atoms with E-state index < -0.39 is 0 Å². The minimum atomic E-state index is -0.284. The van der Waals surface area contributed by atoms with Crippen LogP contribution in [0.5, 0.6) is 0 Å². The largest absolute Gasteiger partial charge is 0.0622 e. The average Bonchev–Trinajstić information content (AvgIpc) is 2.33. The summed E-state index contributed by atoms with van der Waals surface area (Å²) in [6.07, 6.45) is 0. The molecule has 0 bridgehead atoms. The van der Waals surface area contributed by atoms with E-state index >= 15 is 0 Å². The van der Waals surface area contributed by atoms with Crippen LogP contribution in [0.1, 0.15) is 0 Å². The molecule has 0 unspecified atom stereocenters. The Balaban J connectivity index is 2.34. The molecule has 2 aromatic carbocycles. The summed E-state index contributed by atoms with van der Waals surface area (Å²) in [7, 11) is 4.18. The highest BCUT2D eigenvalue weighted by Crippen LogP contribution is 2.34. The fourth-order valence-electron chi connectivity index (χ4n) is 1.53. The summed E-state index contributed by atoms with van der Waals surface area (Å²) in [5.41, 5.74) is 0. The lowest BCUT2D eigenvalue weighted by Gasteiger charge is -2.15. The van der Waals surface area contributed by atoms with Crippen molar-refractivity contribution in [3.05, 3.63) is 60.7 Å². The minimum absolute atomic E-state index is 0.284. The van der Waals surface area contributed by atoms with Crippen molar-refractivity contribution in [2.24, 2.45) is 0 Å². The van der Waals surface area contributed by atoms with E-state index in [4.69, 9.17) is 0 Å². The van der Waals surface area contributed by atoms with Gasteiger partial charge in [0.25, 0.3) is 0 Å². The van der Waals surface area contributed by atoms with Crippen molar-refractivity contribution >= 4 is 27.8 Å². The number of benzene rings is 2. The molecule has 2 rings (SSSR count). The molecule has 0 aliphatic carbocycles. The normalized spacial score (nSPS) is 10.5. The summed E-state index contributed by atoms with van der Waals surface area (Å²) in [4.78, 5) is 0. The van der Waals surface area contributed by atoms with Gasteiger partial charge in [0.05, 0.1) is 0 Å². The molecule has 0 heterocycles. The van der Waals surface area contributed by atoms with Crippen LogP contribution in [0.3, 0.4) is 0 Å². The lowest BCUT2D eigenvalue weighted by Crippen LogP contribution is -2.11. The zero-order chi connectivity index (χ0) is 10.5. The fourth-order valence-corrected chi connectivity index (χ4v) is 4.20. The Bertz CT molecular complexity index is 358. The molecule has 74 valence electrons. The molecular weight excluding hydrogens is 218 g/mol. The van der Waals surface area contributed by atoms with E-state index in [1.165, 1.54) is 10.6 Å². The van der Waals surface area contributed by atoms with Gasteiger partial charge in [-0.1, -0.05) is 60.7 Å².